The molecule has 0 fully saturated rings. The van der Waals surface area contributed by atoms with Gasteiger partial charge >= 0.3 is 6.18 Å². The van der Waals surface area contributed by atoms with Gasteiger partial charge in [0.25, 0.3) is 5.56 Å². The van der Waals surface area contributed by atoms with Crippen molar-refractivity contribution in [1.29, 1.82) is 0 Å². The Bertz CT molecular complexity index is 333. The summed E-state index contributed by atoms with van der Waals surface area (Å²) >= 11 is 0. The number of aromatic nitrogens is 2. The maximum Gasteiger partial charge on any atom is 0.422 e. The van der Waals surface area contributed by atoms with Crippen molar-refractivity contribution in [3.05, 3.63) is 22.6 Å². The average Bonchev–Trinajstić information content (AvgIpc) is 2.00. The summed E-state index contributed by atoms with van der Waals surface area (Å²) in [5, 5.41) is 5.26. The summed E-state index contributed by atoms with van der Waals surface area (Å²) in [5.74, 6) is -0.207. The van der Waals surface area contributed by atoms with E-state index in [-0.39, 0.29) is 5.75 Å². The van der Waals surface area contributed by atoms with E-state index < -0.39 is 18.3 Å². The minimum absolute atomic E-state index is 0.207. The van der Waals surface area contributed by atoms with Crippen LogP contribution in [0.4, 0.5) is 13.2 Å². The van der Waals surface area contributed by atoms with Crippen LogP contribution in [0.5, 0.6) is 5.75 Å². The van der Waals surface area contributed by atoms with Crippen molar-refractivity contribution in [2.24, 2.45) is 0 Å². The lowest BCUT2D eigenvalue weighted by atomic mass is 10.5. The van der Waals surface area contributed by atoms with Crippen LogP contribution in [0.2, 0.25) is 0 Å². The van der Waals surface area contributed by atoms with Crippen molar-refractivity contribution in [3.63, 3.8) is 0 Å². The van der Waals surface area contributed by atoms with Gasteiger partial charge in [0.1, 0.15) is 5.75 Å². The maximum atomic E-state index is 11.6. The van der Waals surface area contributed by atoms with E-state index in [4.69, 9.17) is 0 Å². The minimum Gasteiger partial charge on any atom is -0.482 e. The van der Waals surface area contributed by atoms with Crippen molar-refractivity contribution in [1.82, 2.24) is 10.2 Å². The standard InChI is InChI=1S/C6H5F3N2O2/c7-6(8,9)3-13-4-1-5(12)11-10-2-4/h1-2H,3H2,(H,11,12). The Morgan fingerprint density at radius 3 is 2.77 bits per heavy atom. The first-order chi connectivity index (χ1) is 5.97. The summed E-state index contributed by atoms with van der Waals surface area (Å²) in [4.78, 5) is 10.5. The zero-order valence-electron chi connectivity index (χ0n) is 6.26. The van der Waals surface area contributed by atoms with E-state index in [0.29, 0.717) is 0 Å². The lowest BCUT2D eigenvalue weighted by molar-refractivity contribution is -0.153. The van der Waals surface area contributed by atoms with Gasteiger partial charge in [-0.3, -0.25) is 4.79 Å². The molecular formula is C6H5F3N2O2. The number of aromatic amines is 1. The smallest absolute Gasteiger partial charge is 0.422 e. The van der Waals surface area contributed by atoms with Crippen molar-refractivity contribution in [3.8, 4) is 5.75 Å². The first-order valence-corrected chi connectivity index (χ1v) is 3.22. The highest BCUT2D eigenvalue weighted by atomic mass is 19.4. The van der Waals surface area contributed by atoms with Gasteiger partial charge in [-0.05, 0) is 0 Å². The van der Waals surface area contributed by atoms with Crippen LogP contribution in [0, 0.1) is 0 Å². The number of hydrogen-bond donors (Lipinski definition) is 1. The Kier molecular flexibility index (Phi) is 2.54. The molecular weight excluding hydrogens is 189 g/mol. The monoisotopic (exact) mass is 194 g/mol. The van der Waals surface area contributed by atoms with Crippen LogP contribution in [0.3, 0.4) is 0 Å². The predicted octanol–water partition coefficient (Wildman–Crippen LogP) is 0.711. The molecule has 0 unspecified atom stereocenters. The maximum absolute atomic E-state index is 11.6. The number of nitrogens with zero attached hydrogens (tertiary/aromatic N) is 1. The number of ether oxygens (including phenoxy) is 1. The Balaban J connectivity index is 2.60. The minimum atomic E-state index is -4.41. The SMILES string of the molecule is O=c1cc(OCC(F)(F)F)cn[nH]1. The molecule has 0 aliphatic carbocycles. The molecule has 0 atom stereocenters. The molecule has 72 valence electrons. The number of hydrogen-bond acceptors (Lipinski definition) is 3. The number of nitrogens with one attached hydrogen (secondary N) is 1. The third-order valence-electron chi connectivity index (χ3n) is 1.04. The van der Waals surface area contributed by atoms with Gasteiger partial charge in [0.15, 0.2) is 6.61 Å². The summed E-state index contributed by atoms with van der Waals surface area (Å²) < 4.78 is 39.1. The first kappa shape index (κ1) is 9.56. The molecule has 1 heterocycles. The first-order valence-electron chi connectivity index (χ1n) is 3.22. The molecule has 0 aliphatic heterocycles. The Hall–Kier alpha value is -1.53. The van der Waals surface area contributed by atoms with E-state index in [0.717, 1.165) is 12.3 Å². The van der Waals surface area contributed by atoms with Gasteiger partial charge in [-0.15, -0.1) is 0 Å². The molecule has 0 radical (unpaired) electrons. The van der Waals surface area contributed by atoms with Crippen LogP contribution in [0.1, 0.15) is 0 Å². The van der Waals surface area contributed by atoms with Crippen molar-refractivity contribution < 1.29 is 17.9 Å². The number of rotatable bonds is 2. The van der Waals surface area contributed by atoms with Crippen LogP contribution >= 0.6 is 0 Å². The van der Waals surface area contributed by atoms with Gasteiger partial charge in [0.2, 0.25) is 0 Å². The molecule has 0 bridgehead atoms. The molecule has 0 aliphatic rings. The topological polar surface area (TPSA) is 55.0 Å². The third kappa shape index (κ3) is 3.59. The summed E-state index contributed by atoms with van der Waals surface area (Å²) in [7, 11) is 0. The van der Waals surface area contributed by atoms with E-state index in [9.17, 15) is 18.0 Å². The van der Waals surface area contributed by atoms with Gasteiger partial charge in [0, 0.05) is 6.07 Å². The second-order valence-corrected chi connectivity index (χ2v) is 2.18. The van der Waals surface area contributed by atoms with Gasteiger partial charge in [0.05, 0.1) is 6.20 Å². The summed E-state index contributed by atoms with van der Waals surface area (Å²) in [6, 6.07) is 0.888. The second kappa shape index (κ2) is 3.46. The lowest BCUT2D eigenvalue weighted by Gasteiger charge is -2.07. The number of halogens is 3. The van der Waals surface area contributed by atoms with Crippen LogP contribution < -0.4 is 10.3 Å². The molecule has 7 heteroatoms. The lowest BCUT2D eigenvalue weighted by Crippen LogP contribution is -2.20. The Labute approximate surface area is 70.3 Å². The second-order valence-electron chi connectivity index (χ2n) is 2.18. The van der Waals surface area contributed by atoms with Crippen LogP contribution in [0.25, 0.3) is 0 Å². The molecule has 0 spiro atoms. The fraction of sp³-hybridized carbons (Fsp3) is 0.333. The molecule has 0 saturated carbocycles. The van der Waals surface area contributed by atoms with Crippen LogP contribution in [-0.4, -0.2) is 23.0 Å². The predicted molar refractivity (Wildman–Crippen MR) is 36.4 cm³/mol. The molecule has 1 N–H and O–H groups in total. The van der Waals surface area contributed by atoms with E-state index in [1.807, 2.05) is 5.10 Å². The zero-order valence-corrected chi connectivity index (χ0v) is 6.26. The fourth-order valence-corrected chi connectivity index (χ4v) is 0.602. The molecule has 0 aromatic carbocycles. The average molecular weight is 194 g/mol. The number of H-pyrrole nitrogens is 1. The Morgan fingerprint density at radius 1 is 1.54 bits per heavy atom. The van der Waals surface area contributed by atoms with Crippen LogP contribution in [-0.2, 0) is 0 Å². The summed E-state index contributed by atoms with van der Waals surface area (Å²) in [5.41, 5.74) is -0.611. The van der Waals surface area contributed by atoms with Gasteiger partial charge in [-0.1, -0.05) is 0 Å². The van der Waals surface area contributed by atoms with Gasteiger partial charge in [-0.2, -0.15) is 18.3 Å². The fourth-order valence-electron chi connectivity index (χ4n) is 0.602. The van der Waals surface area contributed by atoms with Gasteiger partial charge in [-0.25, -0.2) is 5.10 Å². The van der Waals surface area contributed by atoms with Gasteiger partial charge < -0.3 is 4.74 Å². The highest BCUT2D eigenvalue weighted by Crippen LogP contribution is 2.16. The molecule has 1 rings (SSSR count). The molecule has 0 saturated heterocycles. The molecule has 13 heavy (non-hydrogen) atoms. The van der Waals surface area contributed by atoms with Crippen LogP contribution in [0.15, 0.2) is 17.1 Å². The molecule has 0 amide bonds. The van der Waals surface area contributed by atoms with Crippen molar-refractivity contribution in [2.45, 2.75) is 6.18 Å². The van der Waals surface area contributed by atoms with E-state index >= 15 is 0 Å². The molecule has 1 aromatic heterocycles. The quantitative estimate of drug-likeness (QED) is 0.754. The normalized spacial score (nSPS) is 11.3. The van der Waals surface area contributed by atoms with E-state index in [1.165, 1.54) is 0 Å². The van der Waals surface area contributed by atoms with Crippen molar-refractivity contribution >= 4 is 0 Å². The van der Waals surface area contributed by atoms with Crippen molar-refractivity contribution in [2.75, 3.05) is 6.61 Å². The highest BCUT2D eigenvalue weighted by Gasteiger charge is 2.28. The summed E-state index contributed by atoms with van der Waals surface area (Å²) in [6.45, 7) is -1.43. The number of alkyl halides is 3. The Morgan fingerprint density at radius 2 is 2.23 bits per heavy atom. The molecule has 1 aromatic rings. The van der Waals surface area contributed by atoms with E-state index in [1.54, 1.807) is 0 Å². The largest absolute Gasteiger partial charge is 0.482 e. The highest BCUT2D eigenvalue weighted by molar-refractivity contribution is 5.12. The molecule has 4 nitrogen and oxygen atoms in total. The third-order valence-corrected chi connectivity index (χ3v) is 1.04. The summed E-state index contributed by atoms with van der Waals surface area (Å²) in [6.07, 6.45) is -3.42. The zero-order chi connectivity index (χ0) is 9.90. The van der Waals surface area contributed by atoms with E-state index in [2.05, 4.69) is 9.84 Å².